The van der Waals surface area contributed by atoms with Gasteiger partial charge in [-0.1, -0.05) is 12.1 Å². The number of anilines is 1. The molecule has 0 aliphatic heterocycles. The molecule has 2 aromatic carbocycles. The molecule has 2 amide bonds. The van der Waals surface area contributed by atoms with Gasteiger partial charge in [-0.25, -0.2) is 4.39 Å². The van der Waals surface area contributed by atoms with E-state index in [0.29, 0.717) is 11.3 Å². The van der Waals surface area contributed by atoms with Gasteiger partial charge >= 0.3 is 0 Å². The third kappa shape index (κ3) is 4.29. The van der Waals surface area contributed by atoms with Crippen molar-refractivity contribution in [3.05, 3.63) is 59.9 Å². The molecule has 2 rings (SSSR count). The number of rotatable bonds is 5. The molecule has 0 aliphatic rings. The Kier molecular flexibility index (Phi) is 5.30. The van der Waals surface area contributed by atoms with Gasteiger partial charge in [-0.2, -0.15) is 0 Å². The van der Waals surface area contributed by atoms with Crippen LogP contribution in [0.15, 0.2) is 48.5 Å². The third-order valence-electron chi connectivity index (χ3n) is 3.22. The van der Waals surface area contributed by atoms with Crippen LogP contribution in [0.4, 0.5) is 10.1 Å². The maximum absolute atomic E-state index is 13.5. The quantitative estimate of drug-likeness (QED) is 0.891. The van der Waals surface area contributed by atoms with E-state index in [1.807, 2.05) is 0 Å². The van der Waals surface area contributed by atoms with E-state index in [1.165, 1.54) is 32.2 Å². The van der Waals surface area contributed by atoms with Crippen LogP contribution >= 0.6 is 0 Å². The average molecular weight is 316 g/mol. The number of nitrogens with one attached hydrogen (secondary N) is 2. The van der Waals surface area contributed by atoms with Gasteiger partial charge < -0.3 is 15.4 Å². The van der Waals surface area contributed by atoms with E-state index in [2.05, 4.69) is 10.6 Å². The normalized spacial score (nSPS) is 11.4. The second kappa shape index (κ2) is 7.40. The summed E-state index contributed by atoms with van der Waals surface area (Å²) in [4.78, 5) is 24.1. The number of amides is 2. The predicted molar refractivity (Wildman–Crippen MR) is 85.0 cm³/mol. The Labute approximate surface area is 133 Å². The van der Waals surface area contributed by atoms with Gasteiger partial charge in [0, 0.05) is 5.56 Å². The van der Waals surface area contributed by atoms with Gasteiger partial charge in [0.15, 0.2) is 0 Å². The van der Waals surface area contributed by atoms with Crippen LogP contribution in [0.5, 0.6) is 5.75 Å². The van der Waals surface area contributed by atoms with Crippen molar-refractivity contribution in [2.75, 3.05) is 12.4 Å². The molecule has 0 fully saturated rings. The van der Waals surface area contributed by atoms with Crippen LogP contribution in [0.3, 0.4) is 0 Å². The van der Waals surface area contributed by atoms with Crippen molar-refractivity contribution in [3.63, 3.8) is 0 Å². The zero-order valence-electron chi connectivity index (χ0n) is 12.8. The van der Waals surface area contributed by atoms with Crippen molar-refractivity contribution in [2.24, 2.45) is 0 Å². The van der Waals surface area contributed by atoms with Crippen molar-refractivity contribution in [1.82, 2.24) is 5.32 Å². The van der Waals surface area contributed by atoms with Crippen molar-refractivity contribution in [2.45, 2.75) is 13.0 Å². The lowest BCUT2D eigenvalue weighted by molar-refractivity contribution is -0.117. The smallest absolute Gasteiger partial charge is 0.251 e. The van der Waals surface area contributed by atoms with Gasteiger partial charge in [-0.05, 0) is 43.3 Å². The highest BCUT2D eigenvalue weighted by Gasteiger charge is 2.17. The van der Waals surface area contributed by atoms with Crippen molar-refractivity contribution in [3.8, 4) is 5.75 Å². The summed E-state index contributed by atoms with van der Waals surface area (Å²) in [6.45, 7) is 1.53. The molecule has 2 N–H and O–H groups in total. The van der Waals surface area contributed by atoms with Gasteiger partial charge in [0.1, 0.15) is 17.6 Å². The Hall–Kier alpha value is -2.89. The number of hydrogen-bond acceptors (Lipinski definition) is 3. The van der Waals surface area contributed by atoms with E-state index in [9.17, 15) is 14.0 Å². The molecule has 0 heterocycles. The molecule has 120 valence electrons. The van der Waals surface area contributed by atoms with E-state index < -0.39 is 23.7 Å². The fourth-order valence-corrected chi connectivity index (χ4v) is 1.89. The monoisotopic (exact) mass is 316 g/mol. The zero-order valence-corrected chi connectivity index (χ0v) is 12.8. The topological polar surface area (TPSA) is 67.4 Å². The summed E-state index contributed by atoms with van der Waals surface area (Å²) in [6, 6.07) is 11.5. The molecule has 0 aliphatic carbocycles. The highest BCUT2D eigenvalue weighted by Crippen LogP contribution is 2.13. The highest BCUT2D eigenvalue weighted by molar-refractivity contribution is 6.01. The summed E-state index contributed by atoms with van der Waals surface area (Å²) in [5.74, 6) is -0.803. The summed E-state index contributed by atoms with van der Waals surface area (Å²) in [5.41, 5.74) is 0.472. The van der Waals surface area contributed by atoms with Gasteiger partial charge in [-0.3, -0.25) is 9.59 Å². The first-order chi connectivity index (χ1) is 11.0. The standard InChI is InChI=1S/C17H17FN2O3/c1-11(16(21)20-15-6-4-3-5-14(15)18)19-17(22)12-7-9-13(23-2)10-8-12/h3-11H,1-2H3,(H,19,22)(H,20,21). The van der Waals surface area contributed by atoms with E-state index >= 15 is 0 Å². The number of methoxy groups -OCH3 is 1. The number of hydrogen-bond donors (Lipinski definition) is 2. The molecule has 0 saturated carbocycles. The molecule has 0 spiro atoms. The van der Waals surface area contributed by atoms with Gasteiger partial charge in [0.25, 0.3) is 5.91 Å². The van der Waals surface area contributed by atoms with Crippen molar-refractivity contribution < 1.29 is 18.7 Å². The lowest BCUT2D eigenvalue weighted by Crippen LogP contribution is -2.41. The number of para-hydroxylation sites is 1. The van der Waals surface area contributed by atoms with Crippen LogP contribution in [0.2, 0.25) is 0 Å². The van der Waals surface area contributed by atoms with Gasteiger partial charge in [0.2, 0.25) is 5.91 Å². The first kappa shape index (κ1) is 16.5. The fraction of sp³-hybridized carbons (Fsp3) is 0.176. The second-order valence-corrected chi connectivity index (χ2v) is 4.89. The molecule has 5 nitrogen and oxygen atoms in total. The van der Waals surface area contributed by atoms with Gasteiger partial charge in [-0.15, -0.1) is 0 Å². The number of halogens is 1. The van der Waals surface area contributed by atoms with Crippen LogP contribution in [-0.2, 0) is 4.79 Å². The molecule has 1 unspecified atom stereocenters. The van der Waals surface area contributed by atoms with Crippen LogP contribution in [0, 0.1) is 5.82 Å². The largest absolute Gasteiger partial charge is 0.497 e. The SMILES string of the molecule is COc1ccc(C(=O)NC(C)C(=O)Nc2ccccc2F)cc1. The van der Waals surface area contributed by atoms with E-state index in [4.69, 9.17) is 4.74 Å². The number of ether oxygens (including phenoxy) is 1. The molecule has 6 heteroatoms. The molecule has 1 atom stereocenters. The molecular weight excluding hydrogens is 299 g/mol. The lowest BCUT2D eigenvalue weighted by atomic mass is 10.2. The zero-order chi connectivity index (χ0) is 16.8. The van der Waals surface area contributed by atoms with Crippen LogP contribution in [0.1, 0.15) is 17.3 Å². The van der Waals surface area contributed by atoms with E-state index in [1.54, 1.807) is 30.3 Å². The first-order valence-electron chi connectivity index (χ1n) is 7.01. The third-order valence-corrected chi connectivity index (χ3v) is 3.22. The number of carbonyl (C=O) groups excluding carboxylic acids is 2. The second-order valence-electron chi connectivity index (χ2n) is 4.89. The Balaban J connectivity index is 1.97. The summed E-state index contributed by atoms with van der Waals surface area (Å²) in [7, 11) is 1.53. The summed E-state index contributed by atoms with van der Waals surface area (Å²) in [5, 5.41) is 5.00. The minimum absolute atomic E-state index is 0.0723. The Bertz CT molecular complexity index is 701. The van der Waals surface area contributed by atoms with E-state index in [-0.39, 0.29) is 5.69 Å². The number of carbonyl (C=O) groups is 2. The molecular formula is C17H17FN2O3. The minimum Gasteiger partial charge on any atom is -0.497 e. The van der Waals surface area contributed by atoms with Crippen molar-refractivity contribution in [1.29, 1.82) is 0 Å². The molecule has 23 heavy (non-hydrogen) atoms. The van der Waals surface area contributed by atoms with Crippen LogP contribution < -0.4 is 15.4 Å². The maximum atomic E-state index is 13.5. The first-order valence-corrected chi connectivity index (χ1v) is 7.01. The Morgan fingerprint density at radius 1 is 1.09 bits per heavy atom. The Morgan fingerprint density at radius 2 is 1.74 bits per heavy atom. The lowest BCUT2D eigenvalue weighted by Gasteiger charge is -2.14. The average Bonchev–Trinajstić information content (AvgIpc) is 2.56. The molecule has 2 aromatic rings. The Morgan fingerprint density at radius 3 is 2.35 bits per heavy atom. The van der Waals surface area contributed by atoms with Crippen molar-refractivity contribution >= 4 is 17.5 Å². The summed E-state index contributed by atoms with van der Waals surface area (Å²) >= 11 is 0. The summed E-state index contributed by atoms with van der Waals surface area (Å²) < 4.78 is 18.5. The van der Waals surface area contributed by atoms with Crippen LogP contribution in [-0.4, -0.2) is 25.0 Å². The fourth-order valence-electron chi connectivity index (χ4n) is 1.89. The molecule has 0 bridgehead atoms. The van der Waals surface area contributed by atoms with E-state index in [0.717, 1.165) is 0 Å². The molecule has 0 aromatic heterocycles. The molecule has 0 saturated heterocycles. The minimum atomic E-state index is -0.816. The van der Waals surface area contributed by atoms with Crippen LogP contribution in [0.25, 0.3) is 0 Å². The van der Waals surface area contributed by atoms with Gasteiger partial charge in [0.05, 0.1) is 12.8 Å². The predicted octanol–water partition coefficient (Wildman–Crippen LogP) is 2.59. The highest BCUT2D eigenvalue weighted by atomic mass is 19.1. The number of benzene rings is 2. The maximum Gasteiger partial charge on any atom is 0.251 e. The molecule has 0 radical (unpaired) electrons. The summed E-state index contributed by atoms with van der Waals surface area (Å²) in [6.07, 6.45) is 0.